The minimum Gasteiger partial charge on any atom is -0.491 e. The van der Waals surface area contributed by atoms with Crippen molar-refractivity contribution in [1.29, 1.82) is 0 Å². The van der Waals surface area contributed by atoms with Crippen LogP contribution in [0.15, 0.2) is 72.8 Å². The number of allylic oxidation sites excluding steroid dienone is 2. The smallest absolute Gasteiger partial charge is 0.337 e. The van der Waals surface area contributed by atoms with Gasteiger partial charge in [0, 0.05) is 17.6 Å². The van der Waals surface area contributed by atoms with Crippen LogP contribution in [-0.4, -0.2) is 43.5 Å². The molecule has 1 aliphatic heterocycles. The zero-order chi connectivity index (χ0) is 20.4. The number of carbonyl (C=O) groups is 1. The number of hydrogen-bond donors (Lipinski definition) is 1. The van der Waals surface area contributed by atoms with Crippen LogP contribution < -0.4 is 9.64 Å². The molecule has 0 aromatic heterocycles. The van der Waals surface area contributed by atoms with Crippen LogP contribution in [0, 0.1) is 0 Å². The zero-order valence-electron chi connectivity index (χ0n) is 16.6. The van der Waals surface area contributed by atoms with E-state index in [9.17, 15) is 9.90 Å². The molecule has 1 N–H and O–H groups in total. The predicted octanol–water partition coefficient (Wildman–Crippen LogP) is 3.49. The summed E-state index contributed by atoms with van der Waals surface area (Å²) in [4.78, 5) is 13.8. The molecule has 0 fully saturated rings. The summed E-state index contributed by atoms with van der Waals surface area (Å²) in [6.07, 6.45) is 7.93. The molecule has 1 heterocycles. The number of β-amino-alcohol motifs (C(OH)–C–C–N with tert-alkyl or cyclic N) is 1. The first kappa shape index (κ1) is 19.3. The van der Waals surface area contributed by atoms with Gasteiger partial charge in [-0.2, -0.15) is 0 Å². The molecule has 0 saturated heterocycles. The number of para-hydroxylation sites is 1. The molecule has 5 heteroatoms. The third-order valence-electron chi connectivity index (χ3n) is 5.72. The van der Waals surface area contributed by atoms with Crippen molar-refractivity contribution in [1.82, 2.24) is 0 Å². The van der Waals surface area contributed by atoms with Crippen molar-refractivity contribution in [3.05, 3.63) is 84.0 Å². The first-order valence-electron chi connectivity index (χ1n) is 9.74. The van der Waals surface area contributed by atoms with Gasteiger partial charge in [-0.3, -0.25) is 0 Å². The van der Waals surface area contributed by atoms with Gasteiger partial charge in [0.05, 0.1) is 18.7 Å². The Hall–Kier alpha value is -3.05. The van der Waals surface area contributed by atoms with E-state index in [1.165, 1.54) is 12.7 Å². The van der Waals surface area contributed by atoms with Crippen LogP contribution in [0.5, 0.6) is 5.75 Å². The first-order valence-corrected chi connectivity index (χ1v) is 9.74. The summed E-state index contributed by atoms with van der Waals surface area (Å²) in [7, 11) is 1.35. The summed E-state index contributed by atoms with van der Waals surface area (Å²) in [5.74, 6) is 0.214. The fraction of sp³-hybridized carbons (Fsp3) is 0.292. The van der Waals surface area contributed by atoms with Gasteiger partial charge in [-0.1, -0.05) is 42.5 Å². The lowest BCUT2D eigenvalue weighted by Gasteiger charge is -2.35. The average molecular weight is 391 g/mol. The Morgan fingerprint density at radius 3 is 2.69 bits per heavy atom. The van der Waals surface area contributed by atoms with Gasteiger partial charge in [0.1, 0.15) is 18.5 Å². The van der Waals surface area contributed by atoms with Gasteiger partial charge in [0.25, 0.3) is 0 Å². The summed E-state index contributed by atoms with van der Waals surface area (Å²) < 4.78 is 10.4. The maximum Gasteiger partial charge on any atom is 0.337 e. The highest BCUT2D eigenvalue weighted by Gasteiger charge is 2.45. The lowest BCUT2D eigenvalue weighted by atomic mass is 9.76. The Bertz CT molecular complexity index is 950. The molecular formula is C24H25NO4. The maximum absolute atomic E-state index is 11.5. The molecule has 0 saturated carbocycles. The minimum atomic E-state index is -0.662. The van der Waals surface area contributed by atoms with E-state index in [-0.39, 0.29) is 24.0 Å². The molecule has 29 heavy (non-hydrogen) atoms. The molecule has 4 rings (SSSR count). The third-order valence-corrected chi connectivity index (χ3v) is 5.72. The fourth-order valence-electron chi connectivity index (χ4n) is 4.22. The van der Waals surface area contributed by atoms with E-state index in [1.807, 2.05) is 6.07 Å². The van der Waals surface area contributed by atoms with Crippen molar-refractivity contribution in [3.63, 3.8) is 0 Å². The predicted molar refractivity (Wildman–Crippen MR) is 112 cm³/mol. The fourth-order valence-corrected chi connectivity index (χ4v) is 4.22. The number of aliphatic hydroxyl groups excluding tert-OH is 1. The standard InChI is InChI=1S/C24H25NO4/c1-24-14-6-5-9-22(24)25(21-8-4-3-7-20(21)24)15-18(26)16-29-19-12-10-17(11-13-19)23(27)28-2/h3-14,18,22,26H,15-16H2,1-2H3. The van der Waals surface area contributed by atoms with Crippen LogP contribution in [0.4, 0.5) is 5.69 Å². The summed E-state index contributed by atoms with van der Waals surface area (Å²) >= 11 is 0. The molecule has 0 bridgehead atoms. The van der Waals surface area contributed by atoms with E-state index in [1.54, 1.807) is 24.3 Å². The minimum absolute atomic E-state index is 0.102. The van der Waals surface area contributed by atoms with Gasteiger partial charge in [-0.25, -0.2) is 4.79 Å². The average Bonchev–Trinajstić information content (AvgIpc) is 3.00. The molecule has 5 nitrogen and oxygen atoms in total. The van der Waals surface area contributed by atoms with E-state index in [0.29, 0.717) is 17.9 Å². The van der Waals surface area contributed by atoms with Gasteiger partial charge >= 0.3 is 5.97 Å². The van der Waals surface area contributed by atoms with Crippen molar-refractivity contribution in [2.24, 2.45) is 0 Å². The molecule has 0 spiro atoms. The van der Waals surface area contributed by atoms with Crippen molar-refractivity contribution in [3.8, 4) is 5.75 Å². The summed E-state index contributed by atoms with van der Waals surface area (Å²) in [6.45, 7) is 2.87. The van der Waals surface area contributed by atoms with E-state index in [4.69, 9.17) is 9.47 Å². The Morgan fingerprint density at radius 2 is 1.93 bits per heavy atom. The number of aliphatic hydroxyl groups is 1. The van der Waals surface area contributed by atoms with Crippen molar-refractivity contribution in [2.45, 2.75) is 24.5 Å². The second-order valence-electron chi connectivity index (χ2n) is 7.62. The number of ether oxygens (including phenoxy) is 2. The maximum atomic E-state index is 11.5. The number of anilines is 1. The molecule has 1 aliphatic carbocycles. The highest BCUT2D eigenvalue weighted by molar-refractivity contribution is 5.89. The normalized spacial score (nSPS) is 22.7. The lowest BCUT2D eigenvalue weighted by Crippen LogP contribution is -2.45. The van der Waals surface area contributed by atoms with Crippen LogP contribution >= 0.6 is 0 Å². The Balaban J connectivity index is 1.43. The van der Waals surface area contributed by atoms with E-state index in [0.717, 1.165) is 5.69 Å². The van der Waals surface area contributed by atoms with Crippen LogP contribution in [-0.2, 0) is 10.2 Å². The number of nitrogens with zero attached hydrogens (tertiary/aromatic N) is 1. The Labute approximate surface area is 170 Å². The topological polar surface area (TPSA) is 59.0 Å². The van der Waals surface area contributed by atoms with Gasteiger partial charge in [0.2, 0.25) is 0 Å². The monoisotopic (exact) mass is 391 g/mol. The zero-order valence-corrected chi connectivity index (χ0v) is 16.6. The first-order chi connectivity index (χ1) is 14.0. The molecular weight excluding hydrogens is 366 g/mol. The number of fused-ring (bicyclic) bond motifs is 3. The number of esters is 1. The second kappa shape index (κ2) is 7.76. The molecule has 2 aliphatic rings. The molecule has 0 amide bonds. The van der Waals surface area contributed by atoms with Crippen molar-refractivity contribution < 1.29 is 19.4 Å². The third kappa shape index (κ3) is 3.54. The molecule has 2 aromatic rings. The van der Waals surface area contributed by atoms with E-state index < -0.39 is 6.10 Å². The molecule has 0 radical (unpaired) electrons. The number of carbonyl (C=O) groups excluding carboxylic acids is 1. The van der Waals surface area contributed by atoms with Crippen LogP contribution in [0.2, 0.25) is 0 Å². The highest BCUT2D eigenvalue weighted by Crippen LogP contribution is 2.47. The van der Waals surface area contributed by atoms with E-state index in [2.05, 4.69) is 54.3 Å². The van der Waals surface area contributed by atoms with Crippen molar-refractivity contribution >= 4 is 11.7 Å². The quantitative estimate of drug-likeness (QED) is 0.764. The van der Waals surface area contributed by atoms with Gasteiger partial charge < -0.3 is 19.5 Å². The number of methoxy groups -OCH3 is 1. The molecule has 150 valence electrons. The number of benzene rings is 2. The van der Waals surface area contributed by atoms with Crippen LogP contribution in [0.25, 0.3) is 0 Å². The molecule has 2 aromatic carbocycles. The largest absolute Gasteiger partial charge is 0.491 e. The van der Waals surface area contributed by atoms with E-state index >= 15 is 0 Å². The molecule has 3 unspecified atom stereocenters. The SMILES string of the molecule is COC(=O)c1ccc(OCC(O)CN2c3ccccc3C3(C)C=CC=CC23)cc1. The van der Waals surface area contributed by atoms with Crippen LogP contribution in [0.1, 0.15) is 22.8 Å². The highest BCUT2D eigenvalue weighted by atomic mass is 16.5. The second-order valence-corrected chi connectivity index (χ2v) is 7.62. The van der Waals surface area contributed by atoms with Crippen LogP contribution in [0.3, 0.4) is 0 Å². The summed E-state index contributed by atoms with van der Waals surface area (Å²) in [6, 6.07) is 15.2. The van der Waals surface area contributed by atoms with Gasteiger partial charge in [-0.15, -0.1) is 0 Å². The lowest BCUT2D eigenvalue weighted by molar-refractivity contribution is 0.0600. The Morgan fingerprint density at radius 1 is 1.17 bits per heavy atom. The summed E-state index contributed by atoms with van der Waals surface area (Å²) in [5.41, 5.74) is 2.79. The van der Waals surface area contributed by atoms with Crippen molar-refractivity contribution in [2.75, 3.05) is 25.2 Å². The van der Waals surface area contributed by atoms with Gasteiger partial charge in [0.15, 0.2) is 0 Å². The number of hydrogen-bond acceptors (Lipinski definition) is 5. The number of rotatable bonds is 6. The summed E-state index contributed by atoms with van der Waals surface area (Å²) in [5, 5.41) is 10.7. The van der Waals surface area contributed by atoms with Gasteiger partial charge in [-0.05, 0) is 42.8 Å². The molecule has 3 atom stereocenters. The Kier molecular flexibility index (Phi) is 5.16.